The molecular weight excluding hydrogens is 651 g/mol. The van der Waals surface area contributed by atoms with E-state index in [1.54, 1.807) is 0 Å². The van der Waals surface area contributed by atoms with Crippen molar-refractivity contribution in [2.45, 2.75) is 0 Å². The van der Waals surface area contributed by atoms with E-state index in [0.717, 1.165) is 0 Å². The molecule has 0 saturated carbocycles. The number of para-hydroxylation sites is 2. The molecule has 0 aliphatic carbocycles. The van der Waals surface area contributed by atoms with Crippen molar-refractivity contribution >= 4 is 130 Å². The van der Waals surface area contributed by atoms with Gasteiger partial charge in [0.25, 0.3) is 6.71 Å². The van der Waals surface area contributed by atoms with Crippen LogP contribution in [0.2, 0.25) is 0 Å². The lowest BCUT2D eigenvalue weighted by atomic mass is 9.26. The minimum atomic E-state index is 0.121. The van der Waals surface area contributed by atoms with Gasteiger partial charge in [0, 0.05) is 50.0 Å². The molecule has 0 atom stereocenters. The lowest BCUT2D eigenvalue weighted by molar-refractivity contribution is 1.15. The highest BCUT2D eigenvalue weighted by Crippen LogP contribution is 2.48. The van der Waals surface area contributed by atoms with Crippen LogP contribution in [0.4, 0.5) is 17.1 Å². The van der Waals surface area contributed by atoms with Crippen molar-refractivity contribution in [2.24, 2.45) is 0 Å². The number of anilines is 3. The van der Waals surface area contributed by atoms with E-state index >= 15 is 0 Å². The highest BCUT2D eigenvalue weighted by atomic mass is 15.2. The summed E-state index contributed by atoms with van der Waals surface area (Å²) in [6, 6.07) is 56.1. The van der Waals surface area contributed by atoms with E-state index < -0.39 is 0 Å². The van der Waals surface area contributed by atoms with Crippen molar-refractivity contribution < 1.29 is 0 Å². The van der Waals surface area contributed by atoms with Gasteiger partial charge >= 0.3 is 0 Å². The molecule has 0 radical (unpaired) electrons. The van der Waals surface area contributed by atoms with Crippen molar-refractivity contribution in [3.05, 3.63) is 146 Å². The molecule has 54 heavy (non-hydrogen) atoms. The first-order valence-corrected chi connectivity index (χ1v) is 19.3. The van der Waals surface area contributed by atoms with Gasteiger partial charge in [0.1, 0.15) is 0 Å². The quantitative estimate of drug-likeness (QED) is 0.235. The first-order chi connectivity index (χ1) is 26.9. The van der Waals surface area contributed by atoms with Crippen LogP contribution in [0.1, 0.15) is 0 Å². The molecule has 0 spiro atoms. The zero-order valence-electron chi connectivity index (χ0n) is 28.9. The molecule has 16 rings (SSSR count). The number of fused-ring (bicyclic) bond motifs is 12. The van der Waals surface area contributed by atoms with Gasteiger partial charge in [-0.25, -0.2) is 0 Å². The maximum Gasteiger partial charge on any atom is 0.257 e. The number of nitrogens with zero attached hydrogens (tertiary/aromatic N) is 3. The molecule has 0 amide bonds. The molecular formula is C48H24B3N3. The molecule has 6 aliphatic rings. The summed E-state index contributed by atoms with van der Waals surface area (Å²) in [6.07, 6.45) is 0. The third-order valence-electron chi connectivity index (χ3n) is 14.3. The fourth-order valence-corrected chi connectivity index (χ4v) is 12.6. The largest absolute Gasteiger partial charge is 0.313 e. The Balaban J connectivity index is 1.20. The second-order valence-corrected chi connectivity index (χ2v) is 16.3. The van der Waals surface area contributed by atoms with Crippen LogP contribution in [0.5, 0.6) is 0 Å². The van der Waals surface area contributed by atoms with Crippen LogP contribution in [0, 0.1) is 0 Å². The fraction of sp³-hybridized carbons (Fsp3) is 0. The predicted octanol–water partition coefficient (Wildman–Crippen LogP) is 4.45. The number of benzene rings is 8. The van der Waals surface area contributed by atoms with Gasteiger partial charge in [0.15, 0.2) is 0 Å². The number of rotatable bonds is 1. The van der Waals surface area contributed by atoms with Gasteiger partial charge in [-0.3, -0.25) is 0 Å². The van der Waals surface area contributed by atoms with E-state index in [1.807, 2.05) is 0 Å². The Morgan fingerprint density at radius 1 is 0.352 bits per heavy atom. The SMILES string of the molecule is c1ccc(B2c3ccc4c5c3N3c6c2ccc2c6B6c7c(ccc(c73)B5c3ccccc3-4)-n3c4ccccc4c4cc5c7ccccc7n-2c5c6c43)cc1. The predicted molar refractivity (Wildman–Crippen MR) is 229 cm³/mol. The van der Waals surface area contributed by atoms with Crippen LogP contribution in [0.3, 0.4) is 0 Å². The van der Waals surface area contributed by atoms with Crippen molar-refractivity contribution in [3.63, 3.8) is 0 Å². The van der Waals surface area contributed by atoms with Crippen molar-refractivity contribution in [1.29, 1.82) is 0 Å². The highest BCUT2D eigenvalue weighted by Gasteiger charge is 2.55. The summed E-state index contributed by atoms with van der Waals surface area (Å²) in [5.41, 5.74) is 28.0. The number of aromatic nitrogens is 2. The molecule has 6 heteroatoms. The Labute approximate surface area is 310 Å². The van der Waals surface area contributed by atoms with Crippen LogP contribution in [-0.2, 0) is 0 Å². The molecule has 10 aromatic rings. The first kappa shape index (κ1) is 26.2. The Kier molecular flexibility index (Phi) is 4.01. The third-order valence-corrected chi connectivity index (χ3v) is 14.3. The molecule has 2 aromatic heterocycles. The summed E-state index contributed by atoms with van der Waals surface area (Å²) in [5, 5.41) is 5.38. The summed E-state index contributed by atoms with van der Waals surface area (Å²) in [5.74, 6) is 0. The molecule has 0 saturated heterocycles. The topological polar surface area (TPSA) is 13.1 Å². The molecule has 8 heterocycles. The van der Waals surface area contributed by atoms with Gasteiger partial charge in [-0.05, 0) is 79.7 Å². The van der Waals surface area contributed by atoms with E-state index in [9.17, 15) is 0 Å². The van der Waals surface area contributed by atoms with Crippen molar-refractivity contribution in [3.8, 4) is 22.5 Å². The van der Waals surface area contributed by atoms with Gasteiger partial charge in [-0.2, -0.15) is 0 Å². The molecule has 240 valence electrons. The van der Waals surface area contributed by atoms with E-state index in [2.05, 4.69) is 160 Å². The molecule has 8 aromatic carbocycles. The second kappa shape index (κ2) is 8.27. The Morgan fingerprint density at radius 3 is 1.59 bits per heavy atom. The zero-order chi connectivity index (χ0) is 34.3. The molecule has 0 unspecified atom stereocenters. The van der Waals surface area contributed by atoms with Crippen molar-refractivity contribution in [2.75, 3.05) is 4.90 Å². The maximum atomic E-state index is 2.78. The highest BCUT2D eigenvalue weighted by molar-refractivity contribution is 7.09. The number of hydrogen-bond donors (Lipinski definition) is 0. The van der Waals surface area contributed by atoms with Gasteiger partial charge in [0.2, 0.25) is 13.4 Å². The van der Waals surface area contributed by atoms with Crippen LogP contribution < -0.4 is 54.1 Å². The van der Waals surface area contributed by atoms with Gasteiger partial charge in [0.05, 0.1) is 22.1 Å². The van der Waals surface area contributed by atoms with Crippen LogP contribution in [0.15, 0.2) is 146 Å². The van der Waals surface area contributed by atoms with Gasteiger partial charge < -0.3 is 14.0 Å². The molecule has 0 bridgehead atoms. The smallest absolute Gasteiger partial charge is 0.257 e. The average Bonchev–Trinajstić information content (AvgIpc) is 3.87. The van der Waals surface area contributed by atoms with E-state index in [0.29, 0.717) is 0 Å². The summed E-state index contributed by atoms with van der Waals surface area (Å²) >= 11 is 0. The molecule has 6 aliphatic heterocycles. The number of hydrogen-bond acceptors (Lipinski definition) is 1. The lowest BCUT2D eigenvalue weighted by Crippen LogP contribution is -2.72. The lowest BCUT2D eigenvalue weighted by Gasteiger charge is -2.51. The Bertz CT molecular complexity index is 3510. The monoisotopic (exact) mass is 675 g/mol. The maximum absolute atomic E-state index is 2.78. The third kappa shape index (κ3) is 2.49. The zero-order valence-corrected chi connectivity index (χ0v) is 28.9. The Morgan fingerprint density at radius 2 is 0.907 bits per heavy atom. The van der Waals surface area contributed by atoms with Crippen LogP contribution in [-0.4, -0.2) is 29.3 Å². The van der Waals surface area contributed by atoms with Gasteiger partial charge in [-0.15, -0.1) is 0 Å². The van der Waals surface area contributed by atoms with Crippen LogP contribution >= 0.6 is 0 Å². The molecule has 3 nitrogen and oxygen atoms in total. The summed E-state index contributed by atoms with van der Waals surface area (Å²) in [7, 11) is 0. The molecule has 0 fully saturated rings. The summed E-state index contributed by atoms with van der Waals surface area (Å²) in [4.78, 5) is 2.78. The van der Waals surface area contributed by atoms with Gasteiger partial charge in [-0.1, -0.05) is 126 Å². The summed E-state index contributed by atoms with van der Waals surface area (Å²) in [6.45, 7) is 0.446. The van der Waals surface area contributed by atoms with E-state index in [4.69, 9.17) is 0 Å². The fourth-order valence-electron chi connectivity index (χ4n) is 12.6. The normalized spacial score (nSPS) is 14.9. The molecule has 0 N–H and O–H groups in total. The average molecular weight is 675 g/mol. The minimum absolute atomic E-state index is 0.121. The first-order valence-electron chi connectivity index (χ1n) is 19.3. The van der Waals surface area contributed by atoms with Crippen molar-refractivity contribution in [1.82, 2.24) is 9.13 Å². The second-order valence-electron chi connectivity index (χ2n) is 16.3. The minimum Gasteiger partial charge on any atom is -0.313 e. The van der Waals surface area contributed by atoms with E-state index in [-0.39, 0.29) is 20.1 Å². The van der Waals surface area contributed by atoms with Crippen LogP contribution in [0.25, 0.3) is 66.1 Å². The summed E-state index contributed by atoms with van der Waals surface area (Å²) < 4.78 is 5.28. The van der Waals surface area contributed by atoms with E-state index in [1.165, 1.54) is 132 Å². The standard InChI is InChI=1S/C48H24B3N3/c1-2-10-25(11-3-1)49-33-19-18-29-26-12-4-7-15-32(26)50-35-21-23-39-42-48(35)54(46(33)40(29)50)47-34(49)20-22-38-41(47)51(42)43-44-30(27-13-5-8-16-36(27)52(38)44)24-31-28-14-6-9-17-37(28)53(39)45(31)43/h1-24H. The Hall–Kier alpha value is -6.65.